The maximum Gasteiger partial charge on any atom is 0.152 e. The van der Waals surface area contributed by atoms with Crippen LogP contribution in [0.4, 0.5) is 17.1 Å². The Morgan fingerprint density at radius 2 is 0.588 bits per heavy atom. The highest BCUT2D eigenvalue weighted by Crippen LogP contribution is 2.65. The van der Waals surface area contributed by atoms with Gasteiger partial charge in [-0.3, -0.25) is 0 Å². The third-order valence-corrected chi connectivity index (χ3v) is 23.3. The molecule has 0 N–H and O–H groups in total. The Kier molecular flexibility index (Phi) is 10.3. The van der Waals surface area contributed by atoms with E-state index in [-0.39, 0.29) is 43.3 Å². The summed E-state index contributed by atoms with van der Waals surface area (Å²) in [6.45, 7) is 38.9. The molecule has 1 aliphatic heterocycles. The Morgan fingerprint density at radius 3 is 1.01 bits per heavy atom. The molecular weight excluding hydrogens is 967 g/mol. The van der Waals surface area contributed by atoms with E-state index in [1.54, 1.807) is 0 Å². The normalized spacial score (nSPS) is 19.4. The molecule has 4 aliphatic carbocycles. The molecule has 0 atom stereocenters. The lowest BCUT2D eigenvalue weighted by Gasteiger charge is -2.44. The molecule has 0 amide bonds. The monoisotopic (exact) mass is 1040 g/mol. The molecule has 1 heterocycles. The highest BCUT2D eigenvalue weighted by molar-refractivity contribution is 6.02. The van der Waals surface area contributed by atoms with Crippen molar-refractivity contribution >= 4 is 17.1 Å². The van der Waals surface area contributed by atoms with Gasteiger partial charge in [0.2, 0.25) is 0 Å². The van der Waals surface area contributed by atoms with E-state index in [0.717, 1.165) is 39.7 Å². The largest absolute Gasteiger partial charge is 0.453 e. The minimum Gasteiger partial charge on any atom is -0.453 e. The van der Waals surface area contributed by atoms with Crippen LogP contribution in [-0.4, -0.2) is 0 Å². The molecule has 9 aromatic rings. The molecule has 9 aromatic carbocycles. The van der Waals surface area contributed by atoms with Crippen LogP contribution < -0.4 is 9.64 Å². The number of hydrogen-bond acceptors (Lipinski definition) is 2. The van der Waals surface area contributed by atoms with Crippen molar-refractivity contribution in [3.05, 3.63) is 220 Å². The minimum absolute atomic E-state index is 0.0115. The number of anilines is 3. The molecule has 0 spiro atoms. The second kappa shape index (κ2) is 16.2. The average Bonchev–Trinajstić information content (AvgIpc) is 2.70. The average molecular weight is 1040 g/mol. The zero-order chi connectivity index (χ0) is 56.2. The third-order valence-electron chi connectivity index (χ3n) is 23.3. The summed E-state index contributed by atoms with van der Waals surface area (Å²) in [5, 5.41) is 0. The van der Waals surface area contributed by atoms with Crippen molar-refractivity contribution in [3.8, 4) is 78.3 Å². The molecule has 0 fully saturated rings. The van der Waals surface area contributed by atoms with Gasteiger partial charge in [-0.1, -0.05) is 250 Å². The number of benzene rings is 9. The summed E-state index contributed by atoms with van der Waals surface area (Å²) in [7, 11) is 0. The first-order valence-corrected chi connectivity index (χ1v) is 29.4. The van der Waals surface area contributed by atoms with Gasteiger partial charge in [-0.05, 0) is 169 Å². The van der Waals surface area contributed by atoms with Crippen LogP contribution in [-0.2, 0) is 32.5 Å². The van der Waals surface area contributed by atoms with Crippen molar-refractivity contribution in [1.29, 1.82) is 0 Å². The molecule has 0 saturated carbocycles. The van der Waals surface area contributed by atoms with Gasteiger partial charge >= 0.3 is 0 Å². The van der Waals surface area contributed by atoms with E-state index in [2.05, 4.69) is 292 Å². The molecule has 0 saturated heterocycles. The fourth-order valence-corrected chi connectivity index (χ4v) is 15.9. The SMILES string of the molecule is CC1(C)c2ccccc2-c2ccc(-c3ccc4c(c3)Oc3cc(-c5ccc6c(c5)C(C)(C)c5ccccc5-6)ccc3N4c3c(-c4ccc5c(c4)C(C)(C)C(C)(C)C5(C)C)cccc3-c3ccc4c(c3)C(C)(C)C(C)(C)C4(C)C)cc21. The van der Waals surface area contributed by atoms with Gasteiger partial charge in [0, 0.05) is 22.0 Å². The van der Waals surface area contributed by atoms with Gasteiger partial charge in [0.1, 0.15) is 0 Å². The van der Waals surface area contributed by atoms with Crippen molar-refractivity contribution in [2.24, 2.45) is 10.8 Å². The Bertz CT molecular complexity index is 3900. The first-order valence-electron chi connectivity index (χ1n) is 29.4. The molecular formula is C78H77NO. The zero-order valence-electron chi connectivity index (χ0n) is 50.1. The lowest BCUT2D eigenvalue weighted by molar-refractivity contribution is 0.125. The number of para-hydroxylation sites is 1. The first kappa shape index (κ1) is 50.8. The standard InChI is InChI=1S/C78H77NO/c1-71(2)58-26-19-17-22-54(58)56-34-28-46(40-62(56)71)48-32-38-66-68(44-48)80-69-45-49(47-29-35-57-55-23-18-20-27-59(55)72(3,4)63(57)41-47)33-39-67(69)79(66)70-52(50-30-36-60-64(42-50)75(9,10)77(13,14)73(60,5)6)24-21-25-53(70)51-31-37-61-65(43-51)76(11,12)78(15,16)74(61,7)8/h17-45H,1-16H3. The molecule has 0 aromatic heterocycles. The van der Waals surface area contributed by atoms with E-state index < -0.39 is 0 Å². The number of nitrogens with zero attached hydrogens (tertiary/aromatic N) is 1. The molecule has 0 radical (unpaired) electrons. The van der Waals surface area contributed by atoms with E-state index in [0.29, 0.717) is 0 Å². The van der Waals surface area contributed by atoms with Gasteiger partial charge in [0.05, 0.1) is 17.1 Å². The van der Waals surface area contributed by atoms with Gasteiger partial charge in [0.15, 0.2) is 11.5 Å². The van der Waals surface area contributed by atoms with Gasteiger partial charge in [-0.15, -0.1) is 0 Å². The predicted molar refractivity (Wildman–Crippen MR) is 338 cm³/mol. The molecule has 0 unspecified atom stereocenters. The van der Waals surface area contributed by atoms with Crippen molar-refractivity contribution < 1.29 is 4.74 Å². The quantitative estimate of drug-likeness (QED) is 0.170. The van der Waals surface area contributed by atoms with E-state index >= 15 is 0 Å². The van der Waals surface area contributed by atoms with Crippen molar-refractivity contribution in [2.45, 2.75) is 143 Å². The van der Waals surface area contributed by atoms with Gasteiger partial charge < -0.3 is 9.64 Å². The van der Waals surface area contributed by atoms with Gasteiger partial charge in [-0.25, -0.2) is 0 Å². The summed E-state index contributed by atoms with van der Waals surface area (Å²) in [5.74, 6) is 1.66. The van der Waals surface area contributed by atoms with Crippen LogP contribution in [0.1, 0.15) is 155 Å². The van der Waals surface area contributed by atoms with E-state index in [1.165, 1.54) is 100 Å². The number of fused-ring (bicyclic) bond motifs is 10. The van der Waals surface area contributed by atoms with Gasteiger partial charge in [0.25, 0.3) is 0 Å². The predicted octanol–water partition coefficient (Wildman–Crippen LogP) is 21.7. The van der Waals surface area contributed by atoms with E-state index in [4.69, 9.17) is 4.74 Å². The lowest BCUT2D eigenvalue weighted by Crippen LogP contribution is -2.42. The summed E-state index contributed by atoms with van der Waals surface area (Å²) < 4.78 is 7.44. The van der Waals surface area contributed by atoms with E-state index in [9.17, 15) is 0 Å². The molecule has 400 valence electrons. The Hall–Kier alpha value is -7.42. The summed E-state index contributed by atoms with van der Waals surface area (Å²) >= 11 is 0. The van der Waals surface area contributed by atoms with Crippen LogP contribution in [0, 0.1) is 10.8 Å². The van der Waals surface area contributed by atoms with Crippen LogP contribution in [0.15, 0.2) is 176 Å². The smallest absolute Gasteiger partial charge is 0.152 e. The van der Waals surface area contributed by atoms with Crippen molar-refractivity contribution in [2.75, 3.05) is 4.90 Å². The van der Waals surface area contributed by atoms with Crippen LogP contribution in [0.25, 0.3) is 66.8 Å². The molecule has 14 rings (SSSR count). The number of ether oxygens (including phenoxy) is 1. The third kappa shape index (κ3) is 6.43. The Balaban J connectivity index is 1.01. The number of hydrogen-bond donors (Lipinski definition) is 0. The molecule has 5 aliphatic rings. The fraction of sp³-hybridized carbons (Fsp3) is 0.308. The van der Waals surface area contributed by atoms with Crippen molar-refractivity contribution in [1.82, 2.24) is 0 Å². The second-order valence-electron chi connectivity index (χ2n) is 28.6. The molecule has 2 nitrogen and oxygen atoms in total. The summed E-state index contributed by atoms with van der Waals surface area (Å²) in [4.78, 5) is 2.55. The topological polar surface area (TPSA) is 12.5 Å². The molecule has 80 heavy (non-hydrogen) atoms. The lowest BCUT2D eigenvalue weighted by atomic mass is 9.59. The van der Waals surface area contributed by atoms with Crippen LogP contribution in [0.2, 0.25) is 0 Å². The highest BCUT2D eigenvalue weighted by atomic mass is 16.5. The molecule has 0 bridgehead atoms. The number of rotatable bonds is 5. The van der Waals surface area contributed by atoms with Crippen LogP contribution in [0.3, 0.4) is 0 Å². The van der Waals surface area contributed by atoms with Crippen LogP contribution in [0.5, 0.6) is 11.5 Å². The highest BCUT2D eigenvalue weighted by Gasteiger charge is 2.58. The van der Waals surface area contributed by atoms with E-state index in [1.807, 2.05) is 0 Å². The van der Waals surface area contributed by atoms with Crippen molar-refractivity contribution in [3.63, 3.8) is 0 Å². The molecule has 2 heteroatoms. The maximum atomic E-state index is 7.44. The maximum absolute atomic E-state index is 7.44. The fourth-order valence-electron chi connectivity index (χ4n) is 15.9. The Morgan fingerprint density at radius 1 is 0.263 bits per heavy atom. The second-order valence-corrected chi connectivity index (χ2v) is 28.6. The van der Waals surface area contributed by atoms with Gasteiger partial charge in [-0.2, -0.15) is 0 Å². The van der Waals surface area contributed by atoms with Crippen LogP contribution >= 0.6 is 0 Å². The zero-order valence-corrected chi connectivity index (χ0v) is 50.1. The minimum atomic E-state index is -0.120. The first-order chi connectivity index (χ1) is 37.7. The summed E-state index contributed by atoms with van der Waals surface area (Å²) in [6.07, 6.45) is 0. The summed E-state index contributed by atoms with van der Waals surface area (Å²) in [5.41, 5.74) is 28.8. The summed E-state index contributed by atoms with van der Waals surface area (Å²) in [6, 6.07) is 67.7. The Labute approximate surface area is 476 Å².